The first kappa shape index (κ1) is 14.5. The van der Waals surface area contributed by atoms with Crippen LogP contribution in [0.25, 0.3) is 0 Å². The molecule has 1 atom stereocenters. The highest BCUT2D eigenvalue weighted by Crippen LogP contribution is 2.15. The average molecular weight is 327 g/mol. The average Bonchev–Trinajstić information content (AvgIpc) is 2.39. The van der Waals surface area contributed by atoms with Crippen LogP contribution in [0.1, 0.15) is 16.8 Å². The van der Waals surface area contributed by atoms with Crippen molar-refractivity contribution in [3.05, 3.63) is 34.3 Å². The van der Waals surface area contributed by atoms with Crippen LogP contribution < -0.4 is 5.32 Å². The molecule has 1 aliphatic heterocycles. The van der Waals surface area contributed by atoms with Crippen LogP contribution in [-0.4, -0.2) is 50.2 Å². The van der Waals surface area contributed by atoms with Crippen LogP contribution in [-0.2, 0) is 4.74 Å². The summed E-state index contributed by atoms with van der Waals surface area (Å²) in [5, 5.41) is 2.93. The van der Waals surface area contributed by atoms with Crippen LogP contribution in [0, 0.1) is 0 Å². The lowest BCUT2D eigenvalue weighted by Gasteiger charge is -2.30. The molecule has 1 aromatic rings. The Bertz CT molecular complexity index is 439. The lowest BCUT2D eigenvalue weighted by molar-refractivity contribution is -0.0226. The fourth-order valence-corrected chi connectivity index (χ4v) is 2.59. The first-order valence-corrected chi connectivity index (χ1v) is 7.29. The van der Waals surface area contributed by atoms with Crippen LogP contribution >= 0.6 is 15.9 Å². The van der Waals surface area contributed by atoms with Gasteiger partial charge in [0.1, 0.15) is 0 Å². The number of rotatable bonds is 4. The highest BCUT2D eigenvalue weighted by molar-refractivity contribution is 9.10. The molecular weight excluding hydrogens is 308 g/mol. The minimum Gasteiger partial charge on any atom is -0.375 e. The summed E-state index contributed by atoms with van der Waals surface area (Å²) >= 11 is 3.38. The second kappa shape index (κ2) is 7.03. The molecule has 0 radical (unpaired) electrons. The van der Waals surface area contributed by atoms with E-state index in [0.717, 1.165) is 30.6 Å². The maximum atomic E-state index is 12.0. The van der Waals surface area contributed by atoms with Crippen LogP contribution in [0.4, 0.5) is 0 Å². The number of ether oxygens (including phenoxy) is 1. The molecule has 0 aliphatic carbocycles. The Hall–Kier alpha value is -0.910. The van der Waals surface area contributed by atoms with Gasteiger partial charge in [-0.15, -0.1) is 0 Å². The number of benzene rings is 1. The van der Waals surface area contributed by atoms with Crippen molar-refractivity contribution in [3.63, 3.8) is 0 Å². The number of carbonyl (C=O) groups excluding carboxylic acids is 1. The SMILES string of the molecule is CN1CCOC(CCNC(=O)c2ccccc2Br)C1. The topological polar surface area (TPSA) is 41.6 Å². The van der Waals surface area contributed by atoms with Crippen LogP contribution in [0.15, 0.2) is 28.7 Å². The molecule has 4 nitrogen and oxygen atoms in total. The number of nitrogens with zero attached hydrogens (tertiary/aromatic N) is 1. The first-order valence-electron chi connectivity index (χ1n) is 6.49. The Kier molecular flexibility index (Phi) is 5.36. The Morgan fingerprint density at radius 3 is 3.05 bits per heavy atom. The van der Waals surface area contributed by atoms with Crippen molar-refractivity contribution in [2.45, 2.75) is 12.5 Å². The monoisotopic (exact) mass is 326 g/mol. The standard InChI is InChI=1S/C14H19BrN2O2/c1-17-8-9-19-11(10-17)6-7-16-14(18)12-4-2-3-5-13(12)15/h2-5,11H,6-10H2,1H3,(H,16,18). The summed E-state index contributed by atoms with van der Waals surface area (Å²) in [4.78, 5) is 14.2. The van der Waals surface area contributed by atoms with Gasteiger partial charge in [-0.25, -0.2) is 0 Å². The third-order valence-electron chi connectivity index (χ3n) is 3.21. The molecule has 5 heteroatoms. The predicted octanol–water partition coefficient (Wildman–Crippen LogP) is 1.90. The van der Waals surface area contributed by atoms with E-state index >= 15 is 0 Å². The second-order valence-corrected chi connectivity index (χ2v) is 5.63. The van der Waals surface area contributed by atoms with Crippen molar-refractivity contribution in [3.8, 4) is 0 Å². The van der Waals surface area contributed by atoms with E-state index in [-0.39, 0.29) is 12.0 Å². The molecule has 1 aliphatic rings. The molecule has 1 N–H and O–H groups in total. The maximum absolute atomic E-state index is 12.0. The van der Waals surface area contributed by atoms with E-state index in [0.29, 0.717) is 12.1 Å². The molecule has 1 fully saturated rings. The van der Waals surface area contributed by atoms with Crippen LogP contribution in [0.2, 0.25) is 0 Å². The molecular formula is C14H19BrN2O2. The lowest BCUT2D eigenvalue weighted by Crippen LogP contribution is -2.41. The number of halogens is 1. The van der Waals surface area contributed by atoms with E-state index in [2.05, 4.69) is 33.2 Å². The van der Waals surface area contributed by atoms with E-state index in [4.69, 9.17) is 4.74 Å². The van der Waals surface area contributed by atoms with E-state index in [1.54, 1.807) is 0 Å². The number of hydrogen-bond donors (Lipinski definition) is 1. The Balaban J connectivity index is 1.76. The zero-order valence-electron chi connectivity index (χ0n) is 11.1. The predicted molar refractivity (Wildman–Crippen MR) is 78.3 cm³/mol. The van der Waals surface area contributed by atoms with Crippen molar-refractivity contribution in [1.29, 1.82) is 0 Å². The Labute approximate surface area is 122 Å². The van der Waals surface area contributed by atoms with Gasteiger partial charge in [0.25, 0.3) is 5.91 Å². The molecule has 0 spiro atoms. The van der Waals surface area contributed by atoms with Crippen LogP contribution in [0.3, 0.4) is 0 Å². The molecule has 1 heterocycles. The molecule has 1 aromatic carbocycles. The molecule has 1 amide bonds. The molecule has 0 saturated carbocycles. The fourth-order valence-electron chi connectivity index (χ4n) is 2.13. The Morgan fingerprint density at radius 2 is 2.32 bits per heavy atom. The van der Waals surface area contributed by atoms with Gasteiger partial charge in [-0.2, -0.15) is 0 Å². The second-order valence-electron chi connectivity index (χ2n) is 4.78. The van der Waals surface area contributed by atoms with E-state index in [9.17, 15) is 4.79 Å². The summed E-state index contributed by atoms with van der Waals surface area (Å²) in [6.45, 7) is 3.34. The molecule has 0 bridgehead atoms. The number of carbonyl (C=O) groups is 1. The van der Waals surface area contributed by atoms with Gasteiger partial charge < -0.3 is 15.0 Å². The third-order valence-corrected chi connectivity index (χ3v) is 3.90. The van der Waals surface area contributed by atoms with Gasteiger partial charge in [-0.3, -0.25) is 4.79 Å². The van der Waals surface area contributed by atoms with Gasteiger partial charge in [0.05, 0.1) is 18.3 Å². The summed E-state index contributed by atoms with van der Waals surface area (Å²) < 4.78 is 6.48. The van der Waals surface area contributed by atoms with E-state index in [1.165, 1.54) is 0 Å². The van der Waals surface area contributed by atoms with Crippen molar-refractivity contribution < 1.29 is 9.53 Å². The number of likely N-dealkylation sites (N-methyl/N-ethyl adjacent to an activating group) is 1. The molecule has 19 heavy (non-hydrogen) atoms. The lowest BCUT2D eigenvalue weighted by atomic mass is 10.2. The molecule has 2 rings (SSSR count). The minimum atomic E-state index is -0.0448. The van der Waals surface area contributed by atoms with Gasteiger partial charge in [0.2, 0.25) is 0 Å². The molecule has 1 saturated heterocycles. The third kappa shape index (κ3) is 4.30. The quantitative estimate of drug-likeness (QED) is 0.918. The normalized spacial score (nSPS) is 20.2. The van der Waals surface area contributed by atoms with Gasteiger partial charge in [0, 0.05) is 24.1 Å². The largest absolute Gasteiger partial charge is 0.375 e. The summed E-state index contributed by atoms with van der Waals surface area (Å²) in [5.74, 6) is -0.0448. The summed E-state index contributed by atoms with van der Waals surface area (Å²) in [7, 11) is 2.09. The first-order chi connectivity index (χ1) is 9.16. The highest BCUT2D eigenvalue weighted by Gasteiger charge is 2.17. The number of hydrogen-bond acceptors (Lipinski definition) is 3. The summed E-state index contributed by atoms with van der Waals surface area (Å²) in [6.07, 6.45) is 1.07. The van der Waals surface area contributed by atoms with Gasteiger partial charge in [-0.05, 0) is 41.5 Å². The van der Waals surface area contributed by atoms with Crippen molar-refractivity contribution >= 4 is 21.8 Å². The van der Waals surface area contributed by atoms with Gasteiger partial charge in [-0.1, -0.05) is 12.1 Å². The minimum absolute atomic E-state index is 0.0448. The number of morpholine rings is 1. The Morgan fingerprint density at radius 1 is 1.53 bits per heavy atom. The number of amides is 1. The van der Waals surface area contributed by atoms with Crippen molar-refractivity contribution in [1.82, 2.24) is 10.2 Å². The molecule has 0 aromatic heterocycles. The highest BCUT2D eigenvalue weighted by atomic mass is 79.9. The zero-order valence-corrected chi connectivity index (χ0v) is 12.6. The van der Waals surface area contributed by atoms with E-state index < -0.39 is 0 Å². The van der Waals surface area contributed by atoms with Gasteiger partial charge >= 0.3 is 0 Å². The maximum Gasteiger partial charge on any atom is 0.252 e. The molecule has 104 valence electrons. The summed E-state index contributed by atoms with van der Waals surface area (Å²) in [6, 6.07) is 7.43. The zero-order chi connectivity index (χ0) is 13.7. The smallest absolute Gasteiger partial charge is 0.252 e. The van der Waals surface area contributed by atoms with Gasteiger partial charge in [0.15, 0.2) is 0 Å². The summed E-state index contributed by atoms with van der Waals surface area (Å²) in [5.41, 5.74) is 0.671. The molecule has 1 unspecified atom stereocenters. The number of nitrogens with one attached hydrogen (secondary N) is 1. The van der Waals surface area contributed by atoms with Crippen molar-refractivity contribution in [2.75, 3.05) is 33.3 Å². The van der Waals surface area contributed by atoms with Crippen molar-refractivity contribution in [2.24, 2.45) is 0 Å². The van der Waals surface area contributed by atoms with E-state index in [1.807, 2.05) is 24.3 Å². The van der Waals surface area contributed by atoms with Crippen LogP contribution in [0.5, 0.6) is 0 Å². The fraction of sp³-hybridized carbons (Fsp3) is 0.500.